The van der Waals surface area contributed by atoms with Gasteiger partial charge in [0, 0.05) is 18.8 Å². The maximum atomic E-state index is 5.77. The highest BCUT2D eigenvalue weighted by molar-refractivity contribution is 9.10. The molecule has 0 aliphatic heterocycles. The van der Waals surface area contributed by atoms with E-state index >= 15 is 0 Å². The van der Waals surface area contributed by atoms with E-state index in [0.29, 0.717) is 22.1 Å². The summed E-state index contributed by atoms with van der Waals surface area (Å²) in [4.78, 5) is 8.42. The van der Waals surface area contributed by atoms with Crippen LogP contribution in [-0.4, -0.2) is 26.3 Å². The monoisotopic (exact) mass is 281 g/mol. The molecule has 0 unspecified atom stereocenters. The average molecular weight is 282 g/mol. The van der Waals surface area contributed by atoms with Crippen LogP contribution in [0.1, 0.15) is 6.92 Å². The lowest BCUT2D eigenvalue weighted by molar-refractivity contribution is 0.809. The molecule has 83 valence electrons. The summed E-state index contributed by atoms with van der Waals surface area (Å²) in [7, 11) is 0. The molecule has 2 aromatic heterocycles. The number of nitrogens with one attached hydrogen (secondary N) is 1. The fourth-order valence-electron chi connectivity index (χ4n) is 1.18. The molecule has 0 bridgehead atoms. The van der Waals surface area contributed by atoms with Crippen molar-refractivity contribution in [1.29, 1.82) is 0 Å². The second-order valence-electron chi connectivity index (χ2n) is 2.99. The van der Waals surface area contributed by atoms with Crippen molar-refractivity contribution in [3.63, 3.8) is 0 Å². The van der Waals surface area contributed by atoms with E-state index in [1.807, 2.05) is 6.92 Å². The molecule has 7 heteroatoms. The Morgan fingerprint density at radius 2 is 2.38 bits per heavy atom. The molecule has 6 nitrogen and oxygen atoms in total. The Morgan fingerprint density at radius 1 is 1.56 bits per heavy atom. The van der Waals surface area contributed by atoms with Crippen LogP contribution in [0.3, 0.4) is 0 Å². The maximum Gasteiger partial charge on any atom is 0.254 e. The van der Waals surface area contributed by atoms with Gasteiger partial charge in [-0.3, -0.25) is 0 Å². The van der Waals surface area contributed by atoms with Crippen molar-refractivity contribution >= 4 is 27.6 Å². The molecule has 0 fully saturated rings. The molecule has 0 aliphatic rings. The Kier molecular flexibility index (Phi) is 3.04. The minimum absolute atomic E-state index is 0.372. The first-order valence-electron chi connectivity index (χ1n) is 4.70. The van der Waals surface area contributed by atoms with Gasteiger partial charge < -0.3 is 11.1 Å². The molecule has 0 saturated heterocycles. The summed E-state index contributed by atoms with van der Waals surface area (Å²) in [6, 6.07) is 2.81. The van der Waals surface area contributed by atoms with Gasteiger partial charge in [-0.05, 0) is 22.9 Å². The van der Waals surface area contributed by atoms with E-state index in [2.05, 4.69) is 42.4 Å². The van der Waals surface area contributed by atoms with Crippen molar-refractivity contribution in [2.24, 2.45) is 0 Å². The van der Waals surface area contributed by atoms with Gasteiger partial charge in [0.15, 0.2) is 0 Å². The lowest BCUT2D eigenvalue weighted by atomic mass is 10.5. The quantitative estimate of drug-likeness (QED) is 0.885. The van der Waals surface area contributed by atoms with Gasteiger partial charge in [-0.15, -0.1) is 0 Å². The summed E-state index contributed by atoms with van der Waals surface area (Å²) in [5.41, 5.74) is 5.77. The van der Waals surface area contributed by atoms with Crippen LogP contribution in [0, 0.1) is 6.07 Å². The minimum Gasteiger partial charge on any atom is -0.383 e. The smallest absolute Gasteiger partial charge is 0.254 e. The Balaban J connectivity index is 2.48. The second-order valence-corrected chi connectivity index (χ2v) is 3.78. The molecule has 0 spiro atoms. The van der Waals surface area contributed by atoms with Crippen LogP contribution in [0.4, 0.5) is 11.6 Å². The standard InChI is InChI=1S/C9H10BrN6/c1-2-12-8-6(10)7(11)14-9(15-8)16-5-3-4-13-16/h4-5H,2H2,1H3,(H3,11,12,14,15). The average Bonchev–Trinajstić information content (AvgIpc) is 2.78. The molecule has 0 aromatic carbocycles. The van der Waals surface area contributed by atoms with Gasteiger partial charge in [-0.1, -0.05) is 0 Å². The van der Waals surface area contributed by atoms with E-state index in [-0.39, 0.29) is 0 Å². The number of halogens is 1. The summed E-state index contributed by atoms with van der Waals surface area (Å²) in [6.07, 6.45) is 3.17. The molecule has 2 aromatic rings. The lowest BCUT2D eigenvalue weighted by Crippen LogP contribution is -2.09. The number of nitrogens with zero attached hydrogens (tertiary/aromatic N) is 4. The topological polar surface area (TPSA) is 81.7 Å². The SMILES string of the molecule is CCNc1nc(-n2c[c]cn2)nc(N)c1Br. The van der Waals surface area contributed by atoms with Crippen molar-refractivity contribution in [3.05, 3.63) is 22.9 Å². The fourth-order valence-corrected chi connectivity index (χ4v) is 1.50. The van der Waals surface area contributed by atoms with Crippen LogP contribution < -0.4 is 11.1 Å². The number of nitrogen functional groups attached to an aromatic ring is 1. The largest absolute Gasteiger partial charge is 0.383 e. The van der Waals surface area contributed by atoms with Crippen LogP contribution in [0.5, 0.6) is 0 Å². The van der Waals surface area contributed by atoms with E-state index in [1.54, 1.807) is 6.20 Å². The number of hydrogen-bond donors (Lipinski definition) is 2. The molecular weight excluding hydrogens is 272 g/mol. The summed E-state index contributed by atoms with van der Waals surface area (Å²) >= 11 is 3.33. The summed E-state index contributed by atoms with van der Waals surface area (Å²) in [6.45, 7) is 2.73. The van der Waals surface area contributed by atoms with Crippen molar-refractivity contribution in [3.8, 4) is 5.95 Å². The lowest BCUT2D eigenvalue weighted by Gasteiger charge is -2.09. The van der Waals surface area contributed by atoms with Crippen LogP contribution in [0.2, 0.25) is 0 Å². The van der Waals surface area contributed by atoms with E-state index in [1.165, 1.54) is 10.9 Å². The molecular formula is C9H10BrN6. The first-order valence-corrected chi connectivity index (χ1v) is 5.49. The van der Waals surface area contributed by atoms with Gasteiger partial charge in [0.05, 0.1) is 6.20 Å². The number of anilines is 2. The van der Waals surface area contributed by atoms with E-state index in [0.717, 1.165) is 6.54 Å². The van der Waals surface area contributed by atoms with Crippen LogP contribution >= 0.6 is 15.9 Å². The molecule has 0 atom stereocenters. The molecule has 2 heterocycles. The Hall–Kier alpha value is -1.63. The first-order chi connectivity index (χ1) is 7.72. The molecule has 16 heavy (non-hydrogen) atoms. The zero-order valence-electron chi connectivity index (χ0n) is 8.61. The molecule has 2 rings (SSSR count). The summed E-state index contributed by atoms with van der Waals surface area (Å²) < 4.78 is 2.16. The molecule has 1 radical (unpaired) electrons. The zero-order chi connectivity index (χ0) is 11.5. The Morgan fingerprint density at radius 3 is 3.00 bits per heavy atom. The molecule has 0 saturated carbocycles. The molecule has 0 aliphatic carbocycles. The normalized spacial score (nSPS) is 10.4. The third kappa shape index (κ3) is 1.99. The van der Waals surface area contributed by atoms with Crippen molar-refractivity contribution < 1.29 is 0 Å². The second kappa shape index (κ2) is 4.48. The predicted molar refractivity (Wildman–Crippen MR) is 64.3 cm³/mol. The van der Waals surface area contributed by atoms with Gasteiger partial charge in [0.1, 0.15) is 16.1 Å². The zero-order valence-corrected chi connectivity index (χ0v) is 10.2. The fraction of sp³-hybridized carbons (Fsp3) is 0.222. The van der Waals surface area contributed by atoms with Crippen molar-refractivity contribution in [2.75, 3.05) is 17.6 Å². The molecule has 3 N–H and O–H groups in total. The Labute approximate surface area is 101 Å². The number of nitrogens with two attached hydrogens (primary N) is 1. The van der Waals surface area contributed by atoms with E-state index < -0.39 is 0 Å². The predicted octanol–water partition coefficient (Wildman–Crippen LogP) is 1.24. The Bertz CT molecular complexity index is 481. The summed E-state index contributed by atoms with van der Waals surface area (Å²) in [5.74, 6) is 1.44. The maximum absolute atomic E-state index is 5.77. The minimum atomic E-state index is 0.372. The van der Waals surface area contributed by atoms with Crippen LogP contribution in [0.15, 0.2) is 16.9 Å². The number of hydrogen-bond acceptors (Lipinski definition) is 5. The number of rotatable bonds is 3. The highest BCUT2D eigenvalue weighted by Gasteiger charge is 2.10. The van der Waals surface area contributed by atoms with Gasteiger partial charge in [-0.25, -0.2) is 4.68 Å². The van der Waals surface area contributed by atoms with Gasteiger partial charge >= 0.3 is 0 Å². The van der Waals surface area contributed by atoms with Gasteiger partial charge in [0.2, 0.25) is 0 Å². The van der Waals surface area contributed by atoms with Gasteiger partial charge in [0.25, 0.3) is 5.95 Å². The van der Waals surface area contributed by atoms with E-state index in [4.69, 9.17) is 5.73 Å². The van der Waals surface area contributed by atoms with Crippen LogP contribution in [0.25, 0.3) is 5.95 Å². The third-order valence-corrected chi connectivity index (χ3v) is 2.65. The van der Waals surface area contributed by atoms with E-state index in [9.17, 15) is 0 Å². The highest BCUT2D eigenvalue weighted by Crippen LogP contribution is 2.25. The summed E-state index contributed by atoms with van der Waals surface area (Å²) in [5, 5.41) is 7.09. The van der Waals surface area contributed by atoms with Crippen LogP contribution in [-0.2, 0) is 0 Å². The molecule has 0 amide bonds. The highest BCUT2D eigenvalue weighted by atomic mass is 79.9. The van der Waals surface area contributed by atoms with Crippen molar-refractivity contribution in [2.45, 2.75) is 6.92 Å². The third-order valence-electron chi connectivity index (χ3n) is 1.87. The van der Waals surface area contributed by atoms with Gasteiger partial charge in [-0.2, -0.15) is 15.1 Å². The number of aromatic nitrogens is 4. The van der Waals surface area contributed by atoms with Crippen molar-refractivity contribution in [1.82, 2.24) is 19.7 Å². The first kappa shape index (κ1) is 10.9.